The van der Waals surface area contributed by atoms with Crippen molar-refractivity contribution in [1.82, 2.24) is 4.98 Å². The molecule has 15 heavy (non-hydrogen) atoms. The first kappa shape index (κ1) is 9.71. The molecule has 2 heteroatoms. The van der Waals surface area contributed by atoms with Crippen molar-refractivity contribution in [2.75, 3.05) is 0 Å². The fraction of sp³-hybridized carbons (Fsp3) is 0.154. The number of rotatable bonds is 1. The number of aromatic nitrogens is 1. The predicted octanol–water partition coefficient (Wildman–Crippen LogP) is 2.66. The van der Waals surface area contributed by atoms with Gasteiger partial charge in [0.05, 0.1) is 0 Å². The molecule has 0 unspecified atom stereocenters. The van der Waals surface area contributed by atoms with E-state index in [2.05, 4.69) is 4.98 Å². The van der Waals surface area contributed by atoms with E-state index in [9.17, 15) is 4.79 Å². The average molecular weight is 199 g/mol. The molecule has 0 atom stereocenters. The summed E-state index contributed by atoms with van der Waals surface area (Å²) in [4.78, 5) is 14.8. The number of benzene rings is 1. The van der Waals surface area contributed by atoms with E-state index >= 15 is 0 Å². The van der Waals surface area contributed by atoms with Crippen LogP contribution in [0.3, 0.4) is 0 Å². The van der Waals surface area contributed by atoms with Gasteiger partial charge < -0.3 is 4.98 Å². The standard InChI is InChI=1S/C13H13NO/c1-9-10(2)14-12(8-13(9)15)11-6-4-3-5-7-11/h3-8H,1-2H3,(H,14,15). The van der Waals surface area contributed by atoms with E-state index < -0.39 is 0 Å². The molecular formula is C13H13NO. The number of aromatic amines is 1. The Hall–Kier alpha value is -1.83. The Labute approximate surface area is 88.6 Å². The summed E-state index contributed by atoms with van der Waals surface area (Å²) < 4.78 is 0. The summed E-state index contributed by atoms with van der Waals surface area (Å²) in [6.45, 7) is 3.76. The maximum absolute atomic E-state index is 11.6. The Balaban J connectivity index is 2.61. The van der Waals surface area contributed by atoms with Crippen molar-refractivity contribution in [1.29, 1.82) is 0 Å². The van der Waals surface area contributed by atoms with Gasteiger partial charge in [-0.3, -0.25) is 4.79 Å². The molecule has 0 spiro atoms. The number of H-pyrrole nitrogens is 1. The van der Waals surface area contributed by atoms with Crippen LogP contribution in [0.15, 0.2) is 41.2 Å². The first-order valence-electron chi connectivity index (χ1n) is 4.94. The first-order valence-corrected chi connectivity index (χ1v) is 4.94. The number of hydrogen-bond donors (Lipinski definition) is 1. The van der Waals surface area contributed by atoms with E-state index in [0.717, 1.165) is 22.5 Å². The Kier molecular flexibility index (Phi) is 2.42. The summed E-state index contributed by atoms with van der Waals surface area (Å²) in [5.74, 6) is 0. The van der Waals surface area contributed by atoms with Crippen LogP contribution in [-0.2, 0) is 0 Å². The molecule has 2 rings (SSSR count). The molecule has 0 bridgehead atoms. The molecule has 0 aliphatic heterocycles. The van der Waals surface area contributed by atoms with Crippen LogP contribution in [0.1, 0.15) is 11.3 Å². The molecule has 0 aliphatic rings. The fourth-order valence-corrected chi connectivity index (χ4v) is 1.53. The van der Waals surface area contributed by atoms with Crippen LogP contribution in [0.2, 0.25) is 0 Å². The van der Waals surface area contributed by atoms with E-state index in [-0.39, 0.29) is 5.43 Å². The summed E-state index contributed by atoms with van der Waals surface area (Å²) >= 11 is 0. The molecule has 0 aliphatic carbocycles. The van der Waals surface area contributed by atoms with Crippen LogP contribution in [0, 0.1) is 13.8 Å². The van der Waals surface area contributed by atoms with Crippen molar-refractivity contribution in [3.8, 4) is 11.3 Å². The molecule has 0 saturated heterocycles. The van der Waals surface area contributed by atoms with Gasteiger partial charge >= 0.3 is 0 Å². The van der Waals surface area contributed by atoms with Crippen LogP contribution < -0.4 is 5.43 Å². The van der Waals surface area contributed by atoms with Gasteiger partial charge in [-0.05, 0) is 19.4 Å². The Morgan fingerprint density at radius 1 is 1.07 bits per heavy atom. The van der Waals surface area contributed by atoms with Crippen LogP contribution >= 0.6 is 0 Å². The highest BCUT2D eigenvalue weighted by Gasteiger charge is 2.02. The van der Waals surface area contributed by atoms with Gasteiger partial charge in [0.2, 0.25) is 0 Å². The number of aryl methyl sites for hydroxylation is 1. The third-order valence-electron chi connectivity index (χ3n) is 2.61. The lowest BCUT2D eigenvalue weighted by Gasteiger charge is -2.05. The molecular weight excluding hydrogens is 186 g/mol. The largest absolute Gasteiger partial charge is 0.358 e. The summed E-state index contributed by atoms with van der Waals surface area (Å²) in [5.41, 5.74) is 3.72. The average Bonchev–Trinajstić information content (AvgIpc) is 2.26. The Morgan fingerprint density at radius 3 is 2.33 bits per heavy atom. The van der Waals surface area contributed by atoms with Crippen LogP contribution in [0.25, 0.3) is 11.3 Å². The third kappa shape index (κ3) is 1.84. The van der Waals surface area contributed by atoms with Gasteiger partial charge in [0.15, 0.2) is 5.43 Å². The molecule has 2 nitrogen and oxygen atoms in total. The quantitative estimate of drug-likeness (QED) is 0.752. The van der Waals surface area contributed by atoms with Crippen LogP contribution in [-0.4, -0.2) is 4.98 Å². The second-order valence-electron chi connectivity index (χ2n) is 3.66. The van der Waals surface area contributed by atoms with E-state index in [4.69, 9.17) is 0 Å². The van der Waals surface area contributed by atoms with E-state index in [0.29, 0.717) is 0 Å². The monoisotopic (exact) mass is 199 g/mol. The number of nitrogens with one attached hydrogen (secondary N) is 1. The summed E-state index contributed by atoms with van der Waals surface area (Å²) in [7, 11) is 0. The molecule has 2 aromatic rings. The molecule has 1 N–H and O–H groups in total. The van der Waals surface area contributed by atoms with Gasteiger partial charge in [0, 0.05) is 23.0 Å². The van der Waals surface area contributed by atoms with Crippen LogP contribution in [0.4, 0.5) is 0 Å². The molecule has 1 heterocycles. The smallest absolute Gasteiger partial charge is 0.185 e. The third-order valence-corrected chi connectivity index (χ3v) is 2.61. The highest BCUT2D eigenvalue weighted by atomic mass is 16.1. The maximum Gasteiger partial charge on any atom is 0.185 e. The van der Waals surface area contributed by atoms with Crippen molar-refractivity contribution in [3.05, 3.63) is 57.9 Å². The van der Waals surface area contributed by atoms with E-state index in [1.165, 1.54) is 0 Å². The van der Waals surface area contributed by atoms with Gasteiger partial charge in [-0.2, -0.15) is 0 Å². The lowest BCUT2D eigenvalue weighted by Crippen LogP contribution is -2.08. The molecule has 0 amide bonds. The van der Waals surface area contributed by atoms with Crippen molar-refractivity contribution >= 4 is 0 Å². The van der Waals surface area contributed by atoms with Gasteiger partial charge in [0.1, 0.15) is 0 Å². The molecule has 0 saturated carbocycles. The minimum atomic E-state index is 0.0881. The highest BCUT2D eigenvalue weighted by molar-refractivity contribution is 5.59. The molecule has 0 radical (unpaired) electrons. The van der Waals surface area contributed by atoms with Crippen molar-refractivity contribution < 1.29 is 0 Å². The second kappa shape index (κ2) is 3.73. The first-order chi connectivity index (χ1) is 7.18. The van der Waals surface area contributed by atoms with Crippen molar-refractivity contribution in [3.63, 3.8) is 0 Å². The Morgan fingerprint density at radius 2 is 1.73 bits per heavy atom. The summed E-state index contributed by atoms with van der Waals surface area (Å²) in [5, 5.41) is 0. The minimum absolute atomic E-state index is 0.0881. The summed E-state index contributed by atoms with van der Waals surface area (Å²) in [6.07, 6.45) is 0. The topological polar surface area (TPSA) is 32.9 Å². The molecule has 0 fully saturated rings. The van der Waals surface area contributed by atoms with Gasteiger partial charge in [-0.1, -0.05) is 30.3 Å². The van der Waals surface area contributed by atoms with Gasteiger partial charge in [-0.15, -0.1) is 0 Å². The molecule has 1 aromatic heterocycles. The summed E-state index contributed by atoms with van der Waals surface area (Å²) in [6, 6.07) is 11.5. The van der Waals surface area contributed by atoms with Crippen LogP contribution in [0.5, 0.6) is 0 Å². The molecule has 76 valence electrons. The van der Waals surface area contributed by atoms with E-state index in [1.54, 1.807) is 6.07 Å². The lowest BCUT2D eigenvalue weighted by atomic mass is 10.1. The zero-order valence-corrected chi connectivity index (χ0v) is 8.87. The Bertz CT molecular complexity index is 526. The second-order valence-corrected chi connectivity index (χ2v) is 3.66. The molecule has 1 aromatic carbocycles. The zero-order chi connectivity index (χ0) is 10.8. The van der Waals surface area contributed by atoms with Gasteiger partial charge in [0.25, 0.3) is 0 Å². The van der Waals surface area contributed by atoms with Crippen molar-refractivity contribution in [2.45, 2.75) is 13.8 Å². The number of hydrogen-bond acceptors (Lipinski definition) is 1. The predicted molar refractivity (Wildman–Crippen MR) is 62.0 cm³/mol. The maximum atomic E-state index is 11.6. The fourth-order valence-electron chi connectivity index (χ4n) is 1.53. The number of pyridine rings is 1. The van der Waals surface area contributed by atoms with Crippen molar-refractivity contribution in [2.24, 2.45) is 0 Å². The minimum Gasteiger partial charge on any atom is -0.358 e. The lowest BCUT2D eigenvalue weighted by molar-refractivity contribution is 1.13. The van der Waals surface area contributed by atoms with Gasteiger partial charge in [-0.25, -0.2) is 0 Å². The highest BCUT2D eigenvalue weighted by Crippen LogP contribution is 2.15. The SMILES string of the molecule is Cc1[nH]c(-c2ccccc2)cc(=O)c1C. The zero-order valence-electron chi connectivity index (χ0n) is 8.87. The normalized spacial score (nSPS) is 10.3. The van der Waals surface area contributed by atoms with E-state index in [1.807, 2.05) is 44.2 Å².